The van der Waals surface area contributed by atoms with E-state index in [4.69, 9.17) is 16.3 Å². The fraction of sp³-hybridized carbons (Fsp3) is 0.468. The van der Waals surface area contributed by atoms with Crippen LogP contribution in [0.2, 0.25) is 5.02 Å². The number of aromatic amines is 1. The molecule has 4 fully saturated rings. The van der Waals surface area contributed by atoms with Crippen LogP contribution in [0.1, 0.15) is 91.7 Å². The Bertz CT molecular complexity index is 2440. The van der Waals surface area contributed by atoms with E-state index in [9.17, 15) is 19.2 Å². The third-order valence-electron chi connectivity index (χ3n) is 13.5. The highest BCUT2D eigenvalue weighted by Crippen LogP contribution is 2.37. The molecule has 0 aliphatic carbocycles. The number of carbonyl (C=O) groups is 4. The Morgan fingerprint density at radius 2 is 1.50 bits per heavy atom. The number of anilines is 1. The van der Waals surface area contributed by atoms with Crippen molar-refractivity contribution in [1.82, 2.24) is 39.8 Å². The van der Waals surface area contributed by atoms with Gasteiger partial charge in [-0.2, -0.15) is 5.10 Å². The van der Waals surface area contributed by atoms with Gasteiger partial charge in [-0.15, -0.1) is 0 Å². The summed E-state index contributed by atoms with van der Waals surface area (Å²) in [6.07, 6.45) is 12.3. The zero-order valence-electron chi connectivity index (χ0n) is 35.4. The van der Waals surface area contributed by atoms with Crippen molar-refractivity contribution in [2.24, 2.45) is 24.8 Å². The van der Waals surface area contributed by atoms with Crippen LogP contribution in [0.15, 0.2) is 60.9 Å². The lowest BCUT2D eigenvalue weighted by Gasteiger charge is -2.38. The van der Waals surface area contributed by atoms with Crippen molar-refractivity contribution >= 4 is 52.1 Å². The monoisotopic (exact) mass is 859 g/mol. The number of benzene rings is 2. The predicted octanol–water partition coefficient (Wildman–Crippen LogP) is 7.42. The van der Waals surface area contributed by atoms with Gasteiger partial charge in [0, 0.05) is 76.6 Å². The number of carbonyl (C=O) groups excluding carboxylic acids is 4. The average Bonchev–Trinajstić information content (AvgIpc) is 3.87. The van der Waals surface area contributed by atoms with Gasteiger partial charge >= 0.3 is 0 Å². The van der Waals surface area contributed by atoms with Crippen molar-refractivity contribution in [3.05, 3.63) is 82.8 Å². The zero-order valence-corrected chi connectivity index (χ0v) is 36.2. The molecule has 5 aromatic rings. The summed E-state index contributed by atoms with van der Waals surface area (Å²) in [6, 6.07) is 15.4. The van der Waals surface area contributed by atoms with Gasteiger partial charge in [-0.25, -0.2) is 9.97 Å². The molecule has 0 bridgehead atoms. The fourth-order valence-electron chi connectivity index (χ4n) is 9.90. The fourth-order valence-corrected chi connectivity index (χ4v) is 10.1. The van der Waals surface area contributed by atoms with Crippen LogP contribution in [0.4, 0.5) is 5.69 Å². The summed E-state index contributed by atoms with van der Waals surface area (Å²) >= 11 is 6.54. The highest BCUT2D eigenvalue weighted by atomic mass is 35.5. The molecule has 4 aliphatic heterocycles. The second kappa shape index (κ2) is 17.9. The highest BCUT2D eigenvalue weighted by molar-refractivity contribution is 6.32. The topological polar surface area (TPSA) is 159 Å². The number of pyridine rings is 1. The molecule has 15 heteroatoms. The van der Waals surface area contributed by atoms with Crippen LogP contribution < -0.4 is 15.0 Å². The minimum Gasteiger partial charge on any atom is -0.453 e. The maximum atomic E-state index is 13.5. The molecule has 324 valence electrons. The number of rotatable bonds is 10. The second-order valence-electron chi connectivity index (χ2n) is 17.7. The SMILES string of the molecule is Cc1nn(C)cc1-c1nc2ncc(Cl)c(Oc3ccc(C(=O)N4CCC(CC(=O)N5CCC(CC6CCN(c7ccc([C@@H]8CCC(=O)NC8=O)cc7)CC6)CC5)CC4)cc3)c2[nH]1. The van der Waals surface area contributed by atoms with Gasteiger partial charge in [-0.1, -0.05) is 23.7 Å². The van der Waals surface area contributed by atoms with E-state index in [1.807, 2.05) is 37.2 Å². The van der Waals surface area contributed by atoms with Crippen molar-refractivity contribution < 1.29 is 23.9 Å². The largest absolute Gasteiger partial charge is 0.453 e. The summed E-state index contributed by atoms with van der Waals surface area (Å²) in [5, 5.41) is 7.21. The van der Waals surface area contributed by atoms with E-state index in [1.165, 1.54) is 31.1 Å². The molecular weight excluding hydrogens is 806 g/mol. The molecule has 9 rings (SSSR count). The van der Waals surface area contributed by atoms with Gasteiger partial charge in [0.05, 0.1) is 23.4 Å². The molecule has 4 saturated heterocycles. The number of imidazole rings is 1. The van der Waals surface area contributed by atoms with E-state index >= 15 is 0 Å². The molecule has 62 heavy (non-hydrogen) atoms. The Kier molecular flexibility index (Phi) is 12.0. The first-order valence-electron chi connectivity index (χ1n) is 22.1. The lowest BCUT2D eigenvalue weighted by molar-refractivity contribution is -0.135. The predicted molar refractivity (Wildman–Crippen MR) is 236 cm³/mol. The summed E-state index contributed by atoms with van der Waals surface area (Å²) < 4.78 is 7.96. The minimum atomic E-state index is -0.251. The first-order valence-corrected chi connectivity index (χ1v) is 22.5. The molecule has 0 saturated carbocycles. The third-order valence-corrected chi connectivity index (χ3v) is 13.8. The Hall–Kier alpha value is -5.76. The van der Waals surface area contributed by atoms with Crippen molar-refractivity contribution in [3.8, 4) is 22.9 Å². The first kappa shape index (κ1) is 41.6. The quantitative estimate of drug-likeness (QED) is 0.136. The summed E-state index contributed by atoms with van der Waals surface area (Å²) in [7, 11) is 1.86. The summed E-state index contributed by atoms with van der Waals surface area (Å²) in [5.41, 5.74) is 5.48. The number of hydrogen-bond donors (Lipinski definition) is 2. The van der Waals surface area contributed by atoms with Gasteiger partial charge < -0.3 is 24.4 Å². The average molecular weight is 860 g/mol. The summed E-state index contributed by atoms with van der Waals surface area (Å²) in [4.78, 5) is 69.5. The van der Waals surface area contributed by atoms with E-state index in [2.05, 4.69) is 47.3 Å². The van der Waals surface area contributed by atoms with E-state index in [0.29, 0.717) is 83.3 Å². The lowest BCUT2D eigenvalue weighted by atomic mass is 9.82. The Morgan fingerprint density at radius 3 is 2.16 bits per heavy atom. The Balaban J connectivity index is 0.690. The number of H-pyrrole nitrogens is 1. The van der Waals surface area contributed by atoms with Crippen molar-refractivity contribution in [2.45, 2.75) is 77.0 Å². The zero-order chi connectivity index (χ0) is 42.9. The molecule has 7 heterocycles. The molecule has 4 amide bonds. The number of amides is 4. The van der Waals surface area contributed by atoms with Gasteiger partial charge in [0.2, 0.25) is 17.7 Å². The van der Waals surface area contributed by atoms with Crippen LogP contribution >= 0.6 is 11.6 Å². The molecule has 0 spiro atoms. The van der Waals surface area contributed by atoms with E-state index < -0.39 is 0 Å². The standard InChI is InChI=1S/C47H54ClN9O5/c1-29-38(28-54(2)53-29)44-51-42-43(39(48)27-49-45(42)52-44)62-36-9-5-34(6-10-36)47(61)57-23-17-32(18-24-57)26-41(59)56-21-15-31(16-22-56)25-30-13-19-55(20-14-30)35-7-3-33(4-8-35)37-11-12-40(58)50-46(37)60/h3-10,27-28,30-32,37H,11-26H2,1-2H3,(H,49,51,52)(H,50,58,60)/t37-/m0/s1. The number of likely N-dealkylation sites (tertiary alicyclic amines) is 2. The number of nitrogens with one attached hydrogen (secondary N) is 2. The van der Waals surface area contributed by atoms with Crippen molar-refractivity contribution in [3.63, 3.8) is 0 Å². The number of piperidine rings is 4. The second-order valence-corrected chi connectivity index (χ2v) is 18.1. The normalized spacial score (nSPS) is 19.6. The molecule has 3 aromatic heterocycles. The van der Waals surface area contributed by atoms with Gasteiger partial charge in [0.1, 0.15) is 22.1 Å². The smallest absolute Gasteiger partial charge is 0.253 e. The molecule has 0 unspecified atom stereocenters. The van der Waals surface area contributed by atoms with Crippen LogP contribution in [0.5, 0.6) is 11.5 Å². The number of aryl methyl sites for hydroxylation is 2. The first-order chi connectivity index (χ1) is 30.0. The van der Waals surface area contributed by atoms with Crippen LogP contribution in [0.3, 0.4) is 0 Å². The van der Waals surface area contributed by atoms with Crippen LogP contribution in [-0.2, 0) is 21.4 Å². The Labute approximate surface area is 366 Å². The lowest BCUT2D eigenvalue weighted by Crippen LogP contribution is -2.42. The van der Waals surface area contributed by atoms with Gasteiger partial charge in [-0.05, 0) is 118 Å². The van der Waals surface area contributed by atoms with Gasteiger partial charge in [0.15, 0.2) is 11.4 Å². The van der Waals surface area contributed by atoms with E-state index in [0.717, 1.165) is 68.7 Å². The molecule has 14 nitrogen and oxygen atoms in total. The minimum absolute atomic E-state index is 0.0239. The number of nitrogens with zero attached hydrogens (tertiary/aromatic N) is 7. The Morgan fingerprint density at radius 1 is 0.839 bits per heavy atom. The number of hydrogen-bond acceptors (Lipinski definition) is 9. The number of fused-ring (bicyclic) bond motifs is 1. The number of aromatic nitrogens is 5. The van der Waals surface area contributed by atoms with Crippen LogP contribution in [0.25, 0.3) is 22.6 Å². The van der Waals surface area contributed by atoms with Gasteiger partial charge in [0.25, 0.3) is 5.91 Å². The summed E-state index contributed by atoms with van der Waals surface area (Å²) in [6.45, 7) is 6.91. The van der Waals surface area contributed by atoms with Crippen LogP contribution in [-0.4, -0.2) is 97.4 Å². The number of halogens is 1. The summed E-state index contributed by atoms with van der Waals surface area (Å²) in [5.74, 6) is 2.81. The number of ether oxygens (including phenoxy) is 1. The van der Waals surface area contributed by atoms with Gasteiger partial charge in [-0.3, -0.25) is 29.2 Å². The molecule has 0 radical (unpaired) electrons. The maximum Gasteiger partial charge on any atom is 0.253 e. The molecule has 2 N–H and O–H groups in total. The van der Waals surface area contributed by atoms with E-state index in [-0.39, 0.29) is 35.5 Å². The molecule has 1 atom stereocenters. The van der Waals surface area contributed by atoms with Crippen molar-refractivity contribution in [2.75, 3.05) is 44.2 Å². The molecule has 2 aromatic carbocycles. The van der Waals surface area contributed by atoms with Crippen molar-refractivity contribution in [1.29, 1.82) is 0 Å². The van der Waals surface area contributed by atoms with Crippen LogP contribution in [0, 0.1) is 24.7 Å². The maximum absolute atomic E-state index is 13.5. The highest BCUT2D eigenvalue weighted by Gasteiger charge is 2.31. The number of imide groups is 1. The van der Waals surface area contributed by atoms with E-state index in [1.54, 1.807) is 28.9 Å². The molecular formula is C47H54ClN9O5. The molecule has 4 aliphatic rings. The third kappa shape index (κ3) is 9.06.